The number of rotatable bonds is 8. The second-order valence-electron chi connectivity index (χ2n) is 7.66. The highest BCUT2D eigenvalue weighted by Gasteiger charge is 2.30. The van der Waals surface area contributed by atoms with Gasteiger partial charge in [-0.05, 0) is 59.7 Å². The molecule has 0 saturated carbocycles. The number of aromatic nitrogens is 2. The van der Waals surface area contributed by atoms with Crippen LogP contribution < -0.4 is 0 Å². The maximum atomic E-state index is 14.1. The van der Waals surface area contributed by atoms with Crippen molar-refractivity contribution in [2.45, 2.75) is 24.7 Å². The third-order valence-electron chi connectivity index (χ3n) is 5.51. The van der Waals surface area contributed by atoms with Crippen molar-refractivity contribution >= 4 is 37.6 Å². The number of Topliss-reactive ketones (excluding diaryl/α,β-unsaturated/α-hetero) is 1. The van der Waals surface area contributed by atoms with E-state index in [0.29, 0.717) is 12.8 Å². The van der Waals surface area contributed by atoms with E-state index >= 15 is 0 Å². The van der Waals surface area contributed by atoms with Gasteiger partial charge in [-0.3, -0.25) is 14.8 Å². The molecule has 2 unspecified atom stereocenters. The van der Waals surface area contributed by atoms with Gasteiger partial charge in [0.1, 0.15) is 5.78 Å². The minimum absolute atomic E-state index is 0.172. The molecular weight excluding hydrogens is 528 g/mol. The van der Waals surface area contributed by atoms with Crippen LogP contribution in [0.25, 0.3) is 0 Å². The molecule has 4 aromatic rings. The van der Waals surface area contributed by atoms with E-state index < -0.39 is 0 Å². The highest BCUT2D eigenvalue weighted by molar-refractivity contribution is 9.10. The van der Waals surface area contributed by atoms with Crippen LogP contribution in [-0.2, 0) is 17.6 Å². The number of pyridine rings is 2. The van der Waals surface area contributed by atoms with Crippen LogP contribution in [0.15, 0.2) is 106 Å². The topological polar surface area (TPSA) is 42.9 Å². The average Bonchev–Trinajstić information content (AvgIpc) is 2.83. The first-order valence-corrected chi connectivity index (χ1v) is 12.0. The van der Waals surface area contributed by atoms with Crippen molar-refractivity contribution in [1.29, 1.82) is 0 Å². The normalized spacial score (nSPS) is 12.8. The van der Waals surface area contributed by atoms with Gasteiger partial charge >= 0.3 is 0 Å². The Kier molecular flexibility index (Phi) is 7.61. The number of ketones is 1. The molecule has 32 heavy (non-hydrogen) atoms. The van der Waals surface area contributed by atoms with Crippen LogP contribution >= 0.6 is 31.9 Å². The molecule has 0 N–H and O–H groups in total. The fourth-order valence-electron chi connectivity index (χ4n) is 3.85. The Bertz CT molecular complexity index is 1050. The predicted octanol–water partition coefficient (Wildman–Crippen LogP) is 6.92. The molecule has 2 aromatic carbocycles. The summed E-state index contributed by atoms with van der Waals surface area (Å²) in [6.45, 7) is 0. The van der Waals surface area contributed by atoms with Gasteiger partial charge in [-0.1, -0.05) is 68.3 Å². The van der Waals surface area contributed by atoms with Crippen molar-refractivity contribution in [3.63, 3.8) is 0 Å². The smallest absolute Gasteiger partial charge is 0.148 e. The van der Waals surface area contributed by atoms with Crippen LogP contribution in [0, 0.1) is 0 Å². The lowest BCUT2D eigenvalue weighted by Gasteiger charge is -2.23. The summed E-state index contributed by atoms with van der Waals surface area (Å²) in [6, 6.07) is 27.7. The Morgan fingerprint density at radius 2 is 1.03 bits per heavy atom. The largest absolute Gasteiger partial charge is 0.298 e. The lowest BCUT2D eigenvalue weighted by molar-refractivity contribution is -0.122. The molecule has 160 valence electrons. The summed E-state index contributed by atoms with van der Waals surface area (Å²) >= 11 is 7.01. The quantitative estimate of drug-likeness (QED) is 0.239. The zero-order chi connectivity index (χ0) is 22.3. The van der Waals surface area contributed by atoms with E-state index in [2.05, 4.69) is 41.8 Å². The molecule has 2 aromatic heterocycles. The standard InChI is InChI=1S/C27H22Br2N2O/c28-21-11-7-19(8-12-21)25(17-23-5-1-3-15-30-23)27(32)26(18-24-6-2-4-16-31-24)20-9-13-22(29)14-10-20/h1-16,25-26H,17-18H2. The first-order chi connectivity index (χ1) is 15.6. The van der Waals surface area contributed by atoms with E-state index in [1.165, 1.54) is 0 Å². The first kappa shape index (κ1) is 22.6. The highest BCUT2D eigenvalue weighted by Crippen LogP contribution is 2.32. The molecule has 0 amide bonds. The molecule has 4 rings (SSSR count). The maximum Gasteiger partial charge on any atom is 0.148 e. The lowest BCUT2D eigenvalue weighted by Crippen LogP contribution is -2.25. The fraction of sp³-hybridized carbons (Fsp3) is 0.148. The molecule has 0 radical (unpaired) electrons. The summed E-state index contributed by atoms with van der Waals surface area (Å²) in [5, 5.41) is 0. The molecule has 0 aliphatic heterocycles. The second kappa shape index (κ2) is 10.8. The molecule has 0 bridgehead atoms. The van der Waals surface area contributed by atoms with Crippen LogP contribution in [0.2, 0.25) is 0 Å². The minimum atomic E-state index is -0.310. The van der Waals surface area contributed by atoms with Crippen molar-refractivity contribution in [2.75, 3.05) is 0 Å². The summed E-state index contributed by atoms with van der Waals surface area (Å²) in [5.74, 6) is -0.448. The molecule has 0 spiro atoms. The third-order valence-corrected chi connectivity index (χ3v) is 6.57. The number of hydrogen-bond donors (Lipinski definition) is 0. The Hall–Kier alpha value is -2.63. The second-order valence-corrected chi connectivity index (χ2v) is 9.49. The number of carbonyl (C=O) groups is 1. The monoisotopic (exact) mass is 548 g/mol. The molecule has 3 nitrogen and oxygen atoms in total. The third kappa shape index (κ3) is 5.78. The van der Waals surface area contributed by atoms with Crippen molar-refractivity contribution in [3.05, 3.63) is 129 Å². The SMILES string of the molecule is O=C(C(Cc1ccccn1)c1ccc(Br)cc1)C(Cc1ccccn1)c1ccc(Br)cc1. The Morgan fingerprint density at radius 3 is 1.38 bits per heavy atom. The van der Waals surface area contributed by atoms with Gasteiger partial charge in [0.05, 0.1) is 0 Å². The van der Waals surface area contributed by atoms with Gasteiger partial charge in [-0.15, -0.1) is 0 Å². The van der Waals surface area contributed by atoms with Gasteiger partial charge < -0.3 is 0 Å². The number of carbonyl (C=O) groups excluding carboxylic acids is 1. The van der Waals surface area contributed by atoms with Crippen LogP contribution in [0.3, 0.4) is 0 Å². The summed E-state index contributed by atoms with van der Waals surface area (Å²) in [6.07, 6.45) is 4.66. The van der Waals surface area contributed by atoms with Crippen LogP contribution in [-0.4, -0.2) is 15.8 Å². The fourth-order valence-corrected chi connectivity index (χ4v) is 4.38. The van der Waals surface area contributed by atoms with Crippen LogP contribution in [0.5, 0.6) is 0 Å². The van der Waals surface area contributed by atoms with Crippen molar-refractivity contribution in [2.24, 2.45) is 0 Å². The summed E-state index contributed by atoms with van der Waals surface area (Å²) in [4.78, 5) is 23.1. The van der Waals surface area contributed by atoms with Gasteiger partial charge in [0.25, 0.3) is 0 Å². The van der Waals surface area contributed by atoms with E-state index in [1.807, 2.05) is 84.9 Å². The molecule has 0 aliphatic rings. The summed E-state index contributed by atoms with van der Waals surface area (Å²) < 4.78 is 1.98. The maximum absolute atomic E-state index is 14.1. The number of nitrogens with zero attached hydrogens (tertiary/aromatic N) is 2. The minimum Gasteiger partial charge on any atom is -0.298 e. The van der Waals surface area contributed by atoms with E-state index in [9.17, 15) is 4.79 Å². The van der Waals surface area contributed by atoms with Gasteiger partial charge in [0.2, 0.25) is 0 Å². The Balaban J connectivity index is 1.73. The number of hydrogen-bond acceptors (Lipinski definition) is 3. The molecule has 0 fully saturated rings. The molecule has 0 saturated heterocycles. The zero-order valence-corrected chi connectivity index (χ0v) is 20.5. The van der Waals surface area contributed by atoms with Crippen molar-refractivity contribution in [1.82, 2.24) is 9.97 Å². The van der Waals surface area contributed by atoms with Crippen LogP contribution in [0.1, 0.15) is 34.4 Å². The number of halogens is 2. The summed E-state index contributed by atoms with van der Waals surface area (Å²) in [5.41, 5.74) is 3.79. The van der Waals surface area contributed by atoms with E-state index in [4.69, 9.17) is 0 Å². The van der Waals surface area contributed by atoms with E-state index in [1.54, 1.807) is 12.4 Å². The van der Waals surface area contributed by atoms with E-state index in [0.717, 1.165) is 31.5 Å². The summed E-state index contributed by atoms with van der Waals surface area (Å²) in [7, 11) is 0. The van der Waals surface area contributed by atoms with Gasteiger partial charge in [0, 0.05) is 57.4 Å². The molecule has 2 heterocycles. The lowest BCUT2D eigenvalue weighted by atomic mass is 9.79. The van der Waals surface area contributed by atoms with Crippen LogP contribution in [0.4, 0.5) is 0 Å². The van der Waals surface area contributed by atoms with Gasteiger partial charge in [-0.25, -0.2) is 0 Å². The van der Waals surface area contributed by atoms with Gasteiger partial charge in [-0.2, -0.15) is 0 Å². The van der Waals surface area contributed by atoms with Crippen molar-refractivity contribution in [3.8, 4) is 0 Å². The zero-order valence-electron chi connectivity index (χ0n) is 17.4. The Labute approximate surface area is 205 Å². The number of benzene rings is 2. The molecule has 5 heteroatoms. The predicted molar refractivity (Wildman–Crippen MR) is 135 cm³/mol. The van der Waals surface area contributed by atoms with Gasteiger partial charge in [0.15, 0.2) is 0 Å². The van der Waals surface area contributed by atoms with Crippen molar-refractivity contribution < 1.29 is 4.79 Å². The first-order valence-electron chi connectivity index (χ1n) is 10.4. The van der Waals surface area contributed by atoms with E-state index in [-0.39, 0.29) is 17.6 Å². The average molecular weight is 550 g/mol. The molecule has 2 atom stereocenters. The Morgan fingerprint density at radius 1 is 0.625 bits per heavy atom. The molecular formula is C27H22Br2N2O. The molecule has 0 aliphatic carbocycles. The highest BCUT2D eigenvalue weighted by atomic mass is 79.9.